The predicted octanol–water partition coefficient (Wildman–Crippen LogP) is 3.42. The summed E-state index contributed by atoms with van der Waals surface area (Å²) < 4.78 is 0. The van der Waals surface area contributed by atoms with Gasteiger partial charge < -0.3 is 16.3 Å². The highest BCUT2D eigenvalue weighted by Gasteiger charge is 2.23. The van der Waals surface area contributed by atoms with Gasteiger partial charge in [0.25, 0.3) is 0 Å². The fraction of sp³-hybridized carbons (Fsp3) is 0.588. The minimum absolute atomic E-state index is 0.0963. The molecule has 1 aliphatic carbocycles. The van der Waals surface area contributed by atoms with Gasteiger partial charge in [0.15, 0.2) is 0 Å². The normalized spacial score (nSPS) is 20.1. The van der Waals surface area contributed by atoms with E-state index in [2.05, 4.69) is 29.5 Å². The summed E-state index contributed by atoms with van der Waals surface area (Å²) in [6.07, 6.45) is 7.19. The third-order valence-electron chi connectivity index (χ3n) is 4.56. The van der Waals surface area contributed by atoms with Crippen molar-refractivity contribution in [2.75, 3.05) is 0 Å². The molecule has 1 saturated carbocycles. The van der Waals surface area contributed by atoms with Crippen LogP contribution >= 0.6 is 0 Å². The molecule has 0 spiro atoms. The summed E-state index contributed by atoms with van der Waals surface area (Å²) in [4.78, 5) is 0. The molecule has 2 unspecified atom stereocenters. The molecule has 4 heteroatoms. The van der Waals surface area contributed by atoms with Gasteiger partial charge in [0.2, 0.25) is 0 Å². The second kappa shape index (κ2) is 8.03. The van der Waals surface area contributed by atoms with E-state index in [-0.39, 0.29) is 11.9 Å². The zero-order chi connectivity index (χ0) is 15.1. The third-order valence-corrected chi connectivity index (χ3v) is 4.56. The van der Waals surface area contributed by atoms with Crippen molar-refractivity contribution in [1.29, 1.82) is 0 Å². The lowest BCUT2D eigenvalue weighted by molar-refractivity contribution is 0.264. The highest BCUT2D eigenvalue weighted by molar-refractivity contribution is 5.80. The number of nitrogens with zero attached hydrogens (tertiary/aromatic N) is 1. The smallest absolute Gasteiger partial charge is 0.141 e. The topological polar surface area (TPSA) is 70.6 Å². The first-order valence-corrected chi connectivity index (χ1v) is 7.98. The number of amidine groups is 1. The molecule has 0 amide bonds. The third kappa shape index (κ3) is 4.74. The Labute approximate surface area is 127 Å². The van der Waals surface area contributed by atoms with Crippen LogP contribution in [0.15, 0.2) is 35.5 Å². The van der Waals surface area contributed by atoms with E-state index < -0.39 is 0 Å². The maximum atomic E-state index is 8.85. The fourth-order valence-corrected chi connectivity index (χ4v) is 3.30. The minimum Gasteiger partial charge on any atom is -0.409 e. The van der Waals surface area contributed by atoms with Gasteiger partial charge in [-0.15, -0.1) is 0 Å². The molecule has 1 aromatic carbocycles. The SMILES string of the molecule is CC(NC(CC(N)=NO)c1ccccc1)C1CCCCC1. The van der Waals surface area contributed by atoms with Gasteiger partial charge in [0.05, 0.1) is 0 Å². The molecule has 2 rings (SSSR count). The zero-order valence-electron chi connectivity index (χ0n) is 12.8. The van der Waals surface area contributed by atoms with E-state index in [1.807, 2.05) is 18.2 Å². The first kappa shape index (κ1) is 15.8. The van der Waals surface area contributed by atoms with Crippen LogP contribution in [-0.2, 0) is 0 Å². The molecule has 116 valence electrons. The molecule has 0 bridgehead atoms. The van der Waals surface area contributed by atoms with Crippen molar-refractivity contribution in [3.63, 3.8) is 0 Å². The van der Waals surface area contributed by atoms with E-state index in [0.717, 1.165) is 5.92 Å². The molecule has 1 aromatic rings. The number of rotatable bonds is 6. The van der Waals surface area contributed by atoms with Gasteiger partial charge in [0.1, 0.15) is 5.84 Å². The Morgan fingerprint density at radius 2 is 1.95 bits per heavy atom. The van der Waals surface area contributed by atoms with Crippen LogP contribution in [0.3, 0.4) is 0 Å². The second-order valence-electron chi connectivity index (χ2n) is 6.11. The van der Waals surface area contributed by atoms with Crippen molar-refractivity contribution in [3.8, 4) is 0 Å². The number of nitrogens with one attached hydrogen (secondary N) is 1. The Kier molecular flexibility index (Phi) is 6.05. The maximum Gasteiger partial charge on any atom is 0.141 e. The van der Waals surface area contributed by atoms with Crippen molar-refractivity contribution in [2.45, 2.75) is 57.5 Å². The largest absolute Gasteiger partial charge is 0.409 e. The standard InChI is InChI=1S/C17H27N3O/c1-13(14-8-4-2-5-9-14)19-16(12-17(18)20-21)15-10-6-3-7-11-15/h3,6-7,10-11,13-14,16,19,21H,2,4-5,8-9,12H2,1H3,(H2,18,20). The molecular weight excluding hydrogens is 262 g/mol. The van der Waals surface area contributed by atoms with E-state index in [0.29, 0.717) is 12.5 Å². The summed E-state index contributed by atoms with van der Waals surface area (Å²) >= 11 is 0. The number of oxime groups is 1. The minimum atomic E-state index is 0.0963. The first-order valence-electron chi connectivity index (χ1n) is 7.98. The van der Waals surface area contributed by atoms with E-state index in [1.165, 1.54) is 37.7 Å². The molecule has 0 saturated heterocycles. The van der Waals surface area contributed by atoms with Crippen molar-refractivity contribution >= 4 is 5.84 Å². The lowest BCUT2D eigenvalue weighted by Gasteiger charge is -2.32. The Balaban J connectivity index is 2.04. The lowest BCUT2D eigenvalue weighted by atomic mass is 9.84. The second-order valence-corrected chi connectivity index (χ2v) is 6.11. The molecule has 0 aliphatic heterocycles. The van der Waals surface area contributed by atoms with Crippen LogP contribution in [0.25, 0.3) is 0 Å². The van der Waals surface area contributed by atoms with E-state index in [4.69, 9.17) is 10.9 Å². The molecular formula is C17H27N3O. The van der Waals surface area contributed by atoms with Gasteiger partial charge in [0, 0.05) is 18.5 Å². The summed E-state index contributed by atoms with van der Waals surface area (Å²) in [6.45, 7) is 2.26. The predicted molar refractivity (Wildman–Crippen MR) is 86.4 cm³/mol. The van der Waals surface area contributed by atoms with Crippen LogP contribution in [0.1, 0.15) is 57.1 Å². The molecule has 2 atom stereocenters. The van der Waals surface area contributed by atoms with Crippen LogP contribution in [-0.4, -0.2) is 17.1 Å². The van der Waals surface area contributed by atoms with Gasteiger partial charge in [-0.2, -0.15) is 0 Å². The van der Waals surface area contributed by atoms with Crippen LogP contribution in [0.2, 0.25) is 0 Å². The molecule has 0 aromatic heterocycles. The van der Waals surface area contributed by atoms with Gasteiger partial charge in [-0.1, -0.05) is 54.8 Å². The molecule has 1 aliphatic rings. The fourth-order valence-electron chi connectivity index (χ4n) is 3.30. The monoisotopic (exact) mass is 289 g/mol. The number of hydrogen-bond donors (Lipinski definition) is 3. The zero-order valence-corrected chi connectivity index (χ0v) is 12.8. The lowest BCUT2D eigenvalue weighted by Crippen LogP contribution is -2.38. The molecule has 0 radical (unpaired) electrons. The van der Waals surface area contributed by atoms with Gasteiger partial charge >= 0.3 is 0 Å². The van der Waals surface area contributed by atoms with E-state index in [1.54, 1.807) is 0 Å². The Morgan fingerprint density at radius 3 is 2.57 bits per heavy atom. The van der Waals surface area contributed by atoms with Crippen LogP contribution in [0.5, 0.6) is 0 Å². The quantitative estimate of drug-likeness (QED) is 0.325. The Bertz CT molecular complexity index is 441. The molecule has 4 N–H and O–H groups in total. The van der Waals surface area contributed by atoms with Crippen molar-refractivity contribution in [2.24, 2.45) is 16.8 Å². The van der Waals surface area contributed by atoms with Gasteiger partial charge in [-0.25, -0.2) is 0 Å². The van der Waals surface area contributed by atoms with Gasteiger partial charge in [-0.3, -0.25) is 0 Å². The molecule has 4 nitrogen and oxygen atoms in total. The average molecular weight is 289 g/mol. The van der Waals surface area contributed by atoms with Crippen LogP contribution < -0.4 is 11.1 Å². The molecule has 0 heterocycles. The Hall–Kier alpha value is -1.55. The van der Waals surface area contributed by atoms with Crippen molar-refractivity contribution in [1.82, 2.24) is 5.32 Å². The van der Waals surface area contributed by atoms with E-state index in [9.17, 15) is 0 Å². The number of benzene rings is 1. The Morgan fingerprint density at radius 1 is 1.29 bits per heavy atom. The molecule has 21 heavy (non-hydrogen) atoms. The van der Waals surface area contributed by atoms with Crippen LogP contribution in [0.4, 0.5) is 0 Å². The average Bonchev–Trinajstić information content (AvgIpc) is 2.55. The van der Waals surface area contributed by atoms with Crippen LogP contribution in [0, 0.1) is 5.92 Å². The number of nitrogens with two attached hydrogens (primary N) is 1. The van der Waals surface area contributed by atoms with Crippen molar-refractivity contribution < 1.29 is 5.21 Å². The highest BCUT2D eigenvalue weighted by atomic mass is 16.4. The highest BCUT2D eigenvalue weighted by Crippen LogP contribution is 2.28. The van der Waals surface area contributed by atoms with E-state index >= 15 is 0 Å². The summed E-state index contributed by atoms with van der Waals surface area (Å²) in [5, 5.41) is 15.7. The first-order chi connectivity index (χ1) is 10.2. The van der Waals surface area contributed by atoms with Crippen molar-refractivity contribution in [3.05, 3.63) is 35.9 Å². The maximum absolute atomic E-state index is 8.85. The molecule has 1 fully saturated rings. The summed E-state index contributed by atoms with van der Waals surface area (Å²) in [5.41, 5.74) is 6.91. The number of hydrogen-bond acceptors (Lipinski definition) is 3. The summed E-state index contributed by atoms with van der Waals surface area (Å²) in [7, 11) is 0. The van der Waals surface area contributed by atoms with Gasteiger partial charge in [-0.05, 0) is 31.2 Å². The summed E-state index contributed by atoms with van der Waals surface area (Å²) in [5.74, 6) is 1.00. The summed E-state index contributed by atoms with van der Waals surface area (Å²) in [6, 6.07) is 10.8.